The number of anilines is 2. The average molecular weight is 338 g/mol. The Hall–Kier alpha value is -3.03. The third kappa shape index (κ3) is 5.01. The van der Waals surface area contributed by atoms with Crippen molar-refractivity contribution in [3.63, 3.8) is 0 Å². The molecular formula is C16H13F3N2O3. The minimum absolute atomic E-state index is 0.205. The van der Waals surface area contributed by atoms with Crippen molar-refractivity contribution in [2.24, 2.45) is 0 Å². The van der Waals surface area contributed by atoms with Crippen LogP contribution in [0.15, 0.2) is 48.5 Å². The van der Waals surface area contributed by atoms with E-state index in [1.807, 2.05) is 0 Å². The van der Waals surface area contributed by atoms with Crippen LogP contribution in [-0.4, -0.2) is 12.0 Å². The number of carbonyl (C=O) groups excluding carboxylic acids is 2. The number of halogens is 3. The first-order valence-corrected chi connectivity index (χ1v) is 6.78. The maximum atomic E-state index is 12.5. The van der Waals surface area contributed by atoms with Crippen molar-refractivity contribution in [1.82, 2.24) is 0 Å². The lowest BCUT2D eigenvalue weighted by Crippen LogP contribution is -2.19. The maximum Gasteiger partial charge on any atom is 0.416 e. The largest absolute Gasteiger partial charge is 0.427 e. The zero-order valence-electron chi connectivity index (χ0n) is 12.5. The van der Waals surface area contributed by atoms with E-state index in [4.69, 9.17) is 4.74 Å². The van der Waals surface area contributed by atoms with Gasteiger partial charge in [-0.05, 0) is 36.4 Å². The predicted octanol–water partition coefficient (Wildman–Crippen LogP) is 4.27. The molecular weight excluding hydrogens is 325 g/mol. The molecule has 5 nitrogen and oxygen atoms in total. The number of rotatable bonds is 3. The Labute approximate surface area is 135 Å². The van der Waals surface area contributed by atoms with Gasteiger partial charge in [0.15, 0.2) is 0 Å². The van der Waals surface area contributed by atoms with Crippen molar-refractivity contribution in [3.8, 4) is 5.75 Å². The average Bonchev–Trinajstić information content (AvgIpc) is 2.46. The summed E-state index contributed by atoms with van der Waals surface area (Å²) in [5.74, 6) is -0.240. The summed E-state index contributed by atoms with van der Waals surface area (Å²) >= 11 is 0. The van der Waals surface area contributed by atoms with Gasteiger partial charge in [-0.15, -0.1) is 0 Å². The Balaban J connectivity index is 1.99. The summed E-state index contributed by atoms with van der Waals surface area (Å²) in [7, 11) is 0. The van der Waals surface area contributed by atoms with Gasteiger partial charge in [0.2, 0.25) is 0 Å². The summed E-state index contributed by atoms with van der Waals surface area (Å²) in [5.41, 5.74) is -0.239. The highest BCUT2D eigenvalue weighted by Gasteiger charge is 2.29. The summed E-state index contributed by atoms with van der Waals surface area (Å²) < 4.78 is 42.3. The van der Waals surface area contributed by atoms with Crippen molar-refractivity contribution in [3.05, 3.63) is 54.1 Å². The van der Waals surface area contributed by atoms with Crippen molar-refractivity contribution in [2.75, 3.05) is 10.6 Å². The summed E-state index contributed by atoms with van der Waals surface area (Å²) in [6.07, 6.45) is -4.43. The van der Waals surface area contributed by atoms with Crippen LogP contribution < -0.4 is 15.4 Å². The van der Waals surface area contributed by atoms with Crippen LogP contribution in [0.5, 0.6) is 5.75 Å². The van der Waals surface area contributed by atoms with Crippen molar-refractivity contribution in [1.29, 1.82) is 0 Å². The third-order valence-electron chi connectivity index (χ3n) is 2.82. The standard InChI is InChI=1S/C16H13F3N2O3/c1-10(22)24-14-4-2-3-13(9-14)21-15(23)20-12-7-5-11(6-8-12)16(17,18)19/h2-9H,1H3,(H2,20,21,23). The Morgan fingerprint density at radius 1 is 0.958 bits per heavy atom. The first-order valence-electron chi connectivity index (χ1n) is 6.78. The maximum absolute atomic E-state index is 12.5. The summed E-state index contributed by atoms with van der Waals surface area (Å²) in [4.78, 5) is 22.7. The van der Waals surface area contributed by atoms with E-state index in [1.165, 1.54) is 13.0 Å². The van der Waals surface area contributed by atoms with E-state index in [2.05, 4.69) is 10.6 Å². The Morgan fingerprint density at radius 3 is 2.17 bits per heavy atom. The molecule has 0 heterocycles. The van der Waals surface area contributed by atoms with Gasteiger partial charge in [0.1, 0.15) is 5.75 Å². The molecule has 2 N–H and O–H groups in total. The zero-order chi connectivity index (χ0) is 17.7. The first kappa shape index (κ1) is 17.3. The zero-order valence-corrected chi connectivity index (χ0v) is 12.5. The van der Waals surface area contributed by atoms with E-state index in [1.54, 1.807) is 18.2 Å². The monoisotopic (exact) mass is 338 g/mol. The lowest BCUT2D eigenvalue weighted by Gasteiger charge is -2.10. The van der Waals surface area contributed by atoms with Crippen molar-refractivity contribution < 1.29 is 27.5 Å². The number of esters is 1. The third-order valence-corrected chi connectivity index (χ3v) is 2.82. The SMILES string of the molecule is CC(=O)Oc1cccc(NC(=O)Nc2ccc(C(F)(F)F)cc2)c1. The van der Waals surface area contributed by atoms with Gasteiger partial charge >= 0.3 is 18.2 Å². The molecule has 0 aliphatic rings. The summed E-state index contributed by atoms with van der Waals surface area (Å²) in [5, 5.41) is 4.89. The first-order chi connectivity index (χ1) is 11.2. The minimum atomic E-state index is -4.43. The van der Waals surface area contributed by atoms with Crippen LogP contribution in [0.4, 0.5) is 29.3 Å². The van der Waals surface area contributed by atoms with E-state index in [0.717, 1.165) is 24.3 Å². The highest BCUT2D eigenvalue weighted by Crippen LogP contribution is 2.29. The number of hydrogen-bond acceptors (Lipinski definition) is 3. The van der Waals surface area contributed by atoms with E-state index in [-0.39, 0.29) is 11.4 Å². The highest BCUT2D eigenvalue weighted by molar-refractivity contribution is 5.99. The van der Waals surface area contributed by atoms with Crippen LogP contribution >= 0.6 is 0 Å². The molecule has 0 aromatic heterocycles. The molecule has 0 saturated carbocycles. The molecule has 0 aliphatic carbocycles. The molecule has 2 amide bonds. The molecule has 126 valence electrons. The van der Waals surface area contributed by atoms with Crippen LogP contribution in [0.1, 0.15) is 12.5 Å². The normalized spacial score (nSPS) is 10.8. The summed E-state index contributed by atoms with van der Waals surface area (Å²) in [6, 6.07) is 9.53. The quantitative estimate of drug-likeness (QED) is 0.648. The number of ether oxygens (including phenoxy) is 1. The van der Waals surface area contributed by atoms with Crippen LogP contribution in [0, 0.1) is 0 Å². The van der Waals surface area contributed by atoms with Gasteiger partial charge in [-0.25, -0.2) is 4.79 Å². The second-order valence-electron chi connectivity index (χ2n) is 4.78. The molecule has 0 saturated heterocycles. The van der Waals surface area contributed by atoms with Crippen LogP contribution in [0.2, 0.25) is 0 Å². The topological polar surface area (TPSA) is 67.4 Å². The van der Waals surface area contributed by atoms with Gasteiger partial charge < -0.3 is 15.4 Å². The molecule has 24 heavy (non-hydrogen) atoms. The van der Waals surface area contributed by atoms with Gasteiger partial charge in [-0.2, -0.15) is 13.2 Å². The molecule has 2 aromatic carbocycles. The number of alkyl halides is 3. The number of carbonyl (C=O) groups is 2. The van der Waals surface area contributed by atoms with Crippen molar-refractivity contribution in [2.45, 2.75) is 13.1 Å². The molecule has 0 unspecified atom stereocenters. The molecule has 8 heteroatoms. The highest BCUT2D eigenvalue weighted by atomic mass is 19.4. The molecule has 0 radical (unpaired) electrons. The van der Waals surface area contributed by atoms with Gasteiger partial charge in [0, 0.05) is 24.4 Å². The Morgan fingerprint density at radius 2 is 1.58 bits per heavy atom. The van der Waals surface area contributed by atoms with E-state index in [0.29, 0.717) is 5.69 Å². The number of amides is 2. The molecule has 0 fully saturated rings. The van der Waals surface area contributed by atoms with Crippen LogP contribution in [0.25, 0.3) is 0 Å². The van der Waals surface area contributed by atoms with E-state index in [9.17, 15) is 22.8 Å². The van der Waals surface area contributed by atoms with Gasteiger partial charge in [0.25, 0.3) is 0 Å². The second kappa shape index (κ2) is 7.03. The van der Waals surface area contributed by atoms with Crippen LogP contribution in [0.3, 0.4) is 0 Å². The molecule has 2 rings (SSSR count). The lowest BCUT2D eigenvalue weighted by atomic mass is 10.2. The molecule has 0 spiro atoms. The summed E-state index contributed by atoms with van der Waals surface area (Å²) in [6.45, 7) is 1.25. The van der Waals surface area contributed by atoms with Crippen LogP contribution in [-0.2, 0) is 11.0 Å². The van der Waals surface area contributed by atoms with Gasteiger partial charge in [-0.1, -0.05) is 6.07 Å². The molecule has 2 aromatic rings. The predicted molar refractivity (Wildman–Crippen MR) is 81.8 cm³/mol. The fourth-order valence-electron chi connectivity index (χ4n) is 1.84. The second-order valence-corrected chi connectivity index (χ2v) is 4.78. The van der Waals surface area contributed by atoms with Gasteiger partial charge in [0.05, 0.1) is 5.56 Å². The van der Waals surface area contributed by atoms with E-state index < -0.39 is 23.7 Å². The smallest absolute Gasteiger partial charge is 0.416 e. The number of nitrogens with one attached hydrogen (secondary N) is 2. The number of hydrogen-bond donors (Lipinski definition) is 2. The molecule has 0 aliphatic heterocycles. The Kier molecular flexibility index (Phi) is 5.08. The number of benzene rings is 2. The minimum Gasteiger partial charge on any atom is -0.427 e. The molecule has 0 bridgehead atoms. The lowest BCUT2D eigenvalue weighted by molar-refractivity contribution is -0.137. The number of urea groups is 1. The van der Waals surface area contributed by atoms with Gasteiger partial charge in [-0.3, -0.25) is 4.79 Å². The van der Waals surface area contributed by atoms with Crippen molar-refractivity contribution >= 4 is 23.4 Å². The fraction of sp³-hybridized carbons (Fsp3) is 0.125. The molecule has 0 atom stereocenters. The fourth-order valence-corrected chi connectivity index (χ4v) is 1.84. The van der Waals surface area contributed by atoms with E-state index >= 15 is 0 Å². The Bertz CT molecular complexity index is 743.